The number of carbonyl (C=O) groups is 1. The molecule has 0 aromatic carbocycles. The molecule has 0 saturated heterocycles. The number of rotatable bonds is 15. The first-order chi connectivity index (χ1) is 10.2. The quantitative estimate of drug-likeness (QED) is 0.238. The topological polar surface area (TPSA) is 57.5 Å². The van der Waals surface area contributed by atoms with Crippen LogP contribution in [-0.4, -0.2) is 67.8 Å². The molecule has 0 spiro atoms. The summed E-state index contributed by atoms with van der Waals surface area (Å²) in [7, 11) is 0. The van der Waals surface area contributed by atoms with Crippen molar-refractivity contribution in [2.75, 3.05) is 0 Å². The number of aliphatic carboxylic acids is 1. The summed E-state index contributed by atoms with van der Waals surface area (Å²) < 4.78 is 0. The molecule has 0 bridgehead atoms. The number of unbranched alkanes of at least 4 members (excludes halogenated alkanes) is 8. The van der Waals surface area contributed by atoms with Gasteiger partial charge < -0.3 is 13.1 Å². The maximum Gasteiger partial charge on any atom is 2.00 e. The molecule has 0 amide bonds. The molecule has 4 heteroatoms. The molecule has 0 aliphatic carbocycles. The Hall–Kier alpha value is 0.651. The largest absolute Gasteiger partial charge is 2.00 e. The van der Waals surface area contributed by atoms with Gasteiger partial charge in [-0.2, -0.15) is 0 Å². The smallest absolute Gasteiger partial charge is 1.00 e. The van der Waals surface area contributed by atoms with Crippen molar-refractivity contribution in [3.8, 4) is 0 Å². The van der Waals surface area contributed by atoms with Gasteiger partial charge in [-0.3, -0.25) is 4.79 Å². The van der Waals surface area contributed by atoms with Gasteiger partial charge in [-0.15, -0.1) is 0 Å². The molecule has 0 aliphatic heterocycles. The second-order valence-electron chi connectivity index (χ2n) is 5.91. The molecule has 22 heavy (non-hydrogen) atoms. The monoisotopic (exact) mass is 388 g/mol. The van der Waals surface area contributed by atoms with Gasteiger partial charge in [-0.05, 0) is 32.1 Å². The summed E-state index contributed by atoms with van der Waals surface area (Å²) in [5, 5.41) is 18.3. The molecular formula is C18H36O3Sr. The van der Waals surface area contributed by atoms with E-state index in [9.17, 15) is 9.90 Å². The number of aliphatic hydroxyl groups excluding tert-OH is 1. The van der Waals surface area contributed by atoms with Crippen LogP contribution in [0.4, 0.5) is 0 Å². The molecule has 1 atom stereocenters. The van der Waals surface area contributed by atoms with E-state index in [0.717, 1.165) is 51.4 Å². The molecule has 3 nitrogen and oxygen atoms in total. The van der Waals surface area contributed by atoms with Crippen molar-refractivity contribution in [3.05, 3.63) is 12.2 Å². The Balaban J connectivity index is -0.000000667. The molecule has 0 fully saturated rings. The molecule has 0 aromatic rings. The summed E-state index contributed by atoms with van der Waals surface area (Å²) in [6.07, 6.45) is 17.4. The number of carboxylic acid groups (broad SMARTS) is 1. The van der Waals surface area contributed by atoms with Crippen molar-refractivity contribution in [2.24, 2.45) is 0 Å². The van der Waals surface area contributed by atoms with E-state index in [1.807, 2.05) is 0 Å². The van der Waals surface area contributed by atoms with Crippen molar-refractivity contribution < 1.29 is 17.9 Å². The average molecular weight is 388 g/mol. The van der Waals surface area contributed by atoms with Crippen LogP contribution in [0.3, 0.4) is 0 Å². The molecule has 128 valence electrons. The van der Waals surface area contributed by atoms with Gasteiger partial charge in [0, 0.05) is 6.42 Å². The standard InChI is InChI=1S/C18H34O3.Sr.2H/c1-2-3-4-11-14-17(19)15-12-9-7-5-6-8-10-13-16-18(20)21;;;/h9,12,17,19H,2-8,10-11,13-16H2,1H3,(H,20,21);;;/q;+2;2*-1/b12-9-;;;. The maximum absolute atomic E-state index is 10.3. The molecule has 2 N–H and O–H groups in total. The summed E-state index contributed by atoms with van der Waals surface area (Å²) >= 11 is 0. The summed E-state index contributed by atoms with van der Waals surface area (Å²) in [4.78, 5) is 10.3. The molecule has 0 aromatic heterocycles. The Morgan fingerprint density at radius 3 is 2.32 bits per heavy atom. The molecule has 0 rings (SSSR count). The van der Waals surface area contributed by atoms with Crippen LogP contribution in [0.2, 0.25) is 0 Å². The Kier molecular flexibility index (Phi) is 22.3. The first-order valence-electron chi connectivity index (χ1n) is 8.71. The van der Waals surface area contributed by atoms with E-state index in [4.69, 9.17) is 5.11 Å². The van der Waals surface area contributed by atoms with Gasteiger partial charge in [-0.1, -0.05) is 64.0 Å². The van der Waals surface area contributed by atoms with Gasteiger partial charge in [0.15, 0.2) is 0 Å². The molecule has 0 radical (unpaired) electrons. The predicted octanol–water partition coefficient (Wildman–Crippen LogP) is 4.92. The van der Waals surface area contributed by atoms with Gasteiger partial charge in [-0.25, -0.2) is 0 Å². The third kappa shape index (κ3) is 20.7. The summed E-state index contributed by atoms with van der Waals surface area (Å²) in [5.41, 5.74) is 0. The fraction of sp³-hybridized carbons (Fsp3) is 0.833. The van der Waals surface area contributed by atoms with Crippen molar-refractivity contribution in [2.45, 2.75) is 96.5 Å². The Bertz CT molecular complexity index is 277. The van der Waals surface area contributed by atoms with Crippen molar-refractivity contribution in [3.63, 3.8) is 0 Å². The fourth-order valence-electron chi connectivity index (χ4n) is 2.36. The van der Waals surface area contributed by atoms with E-state index in [1.165, 1.54) is 25.7 Å². The third-order valence-corrected chi connectivity index (χ3v) is 3.73. The molecule has 0 heterocycles. The zero-order valence-corrected chi connectivity index (χ0v) is 17.9. The number of hydrogen-bond donors (Lipinski definition) is 2. The normalized spacial score (nSPS) is 12.3. The number of aliphatic hydroxyl groups is 1. The molecule has 0 saturated carbocycles. The zero-order valence-electron chi connectivity index (χ0n) is 16.4. The van der Waals surface area contributed by atoms with Gasteiger partial charge in [0.1, 0.15) is 0 Å². The minimum atomic E-state index is -0.689. The Morgan fingerprint density at radius 1 is 1.00 bits per heavy atom. The SMILES string of the molecule is CCCCCCC(O)C/C=C\CCCCCCCC(=O)O.[H-].[H-].[Sr+2]. The Labute approximate surface area is 176 Å². The fourth-order valence-corrected chi connectivity index (χ4v) is 2.36. The number of hydrogen-bond acceptors (Lipinski definition) is 2. The van der Waals surface area contributed by atoms with Crippen LogP contribution in [0.15, 0.2) is 12.2 Å². The van der Waals surface area contributed by atoms with Crippen LogP contribution < -0.4 is 0 Å². The van der Waals surface area contributed by atoms with Crippen molar-refractivity contribution in [1.29, 1.82) is 0 Å². The van der Waals surface area contributed by atoms with Crippen molar-refractivity contribution in [1.82, 2.24) is 0 Å². The van der Waals surface area contributed by atoms with Gasteiger partial charge in [0.2, 0.25) is 0 Å². The minimum Gasteiger partial charge on any atom is -1.00 e. The Morgan fingerprint density at radius 2 is 1.64 bits per heavy atom. The van der Waals surface area contributed by atoms with Crippen LogP contribution in [0.1, 0.15) is 93.2 Å². The summed E-state index contributed by atoms with van der Waals surface area (Å²) in [6.45, 7) is 2.20. The first-order valence-corrected chi connectivity index (χ1v) is 8.71. The van der Waals surface area contributed by atoms with Gasteiger partial charge in [0.05, 0.1) is 6.10 Å². The van der Waals surface area contributed by atoms with Gasteiger partial charge >= 0.3 is 51.5 Å². The number of allylic oxidation sites excluding steroid dienone is 1. The third-order valence-electron chi connectivity index (χ3n) is 3.73. The maximum atomic E-state index is 10.3. The van der Waals surface area contributed by atoms with Crippen LogP contribution in [-0.2, 0) is 4.79 Å². The second kappa shape index (κ2) is 19.7. The summed E-state index contributed by atoms with van der Waals surface area (Å²) in [6, 6.07) is 0. The van der Waals surface area contributed by atoms with Crippen LogP contribution in [0.25, 0.3) is 0 Å². The van der Waals surface area contributed by atoms with E-state index in [-0.39, 0.29) is 54.4 Å². The van der Waals surface area contributed by atoms with E-state index in [2.05, 4.69) is 19.1 Å². The van der Waals surface area contributed by atoms with E-state index >= 15 is 0 Å². The van der Waals surface area contributed by atoms with E-state index in [1.54, 1.807) is 0 Å². The first kappa shape index (κ1) is 24.9. The molecule has 1 unspecified atom stereocenters. The molecule has 0 aliphatic rings. The minimum absolute atomic E-state index is 0. The summed E-state index contributed by atoms with van der Waals surface area (Å²) in [5.74, 6) is -0.689. The van der Waals surface area contributed by atoms with E-state index < -0.39 is 5.97 Å². The van der Waals surface area contributed by atoms with Crippen LogP contribution in [0, 0.1) is 0 Å². The average Bonchev–Trinajstić information content (AvgIpc) is 2.45. The number of carboxylic acids is 1. The van der Waals surface area contributed by atoms with E-state index in [0.29, 0.717) is 6.42 Å². The van der Waals surface area contributed by atoms with Crippen molar-refractivity contribution >= 4 is 51.5 Å². The van der Waals surface area contributed by atoms with Crippen LogP contribution in [0.5, 0.6) is 0 Å². The van der Waals surface area contributed by atoms with Crippen LogP contribution >= 0.6 is 0 Å². The zero-order chi connectivity index (χ0) is 15.8. The predicted molar refractivity (Wildman–Crippen MR) is 96.5 cm³/mol. The molecular weight excluding hydrogens is 352 g/mol. The second-order valence-corrected chi connectivity index (χ2v) is 5.91. The van der Waals surface area contributed by atoms with Gasteiger partial charge in [0.25, 0.3) is 0 Å².